The molecule has 0 saturated heterocycles. The van der Waals surface area contributed by atoms with Gasteiger partial charge in [0.15, 0.2) is 0 Å². The van der Waals surface area contributed by atoms with Crippen LogP contribution in [0.4, 0.5) is 0 Å². The highest BCUT2D eigenvalue weighted by Gasteiger charge is 2.01. The fourth-order valence-electron chi connectivity index (χ4n) is 1.36. The van der Waals surface area contributed by atoms with Gasteiger partial charge in [-0.3, -0.25) is 0 Å². The minimum atomic E-state index is -0.403. The van der Waals surface area contributed by atoms with Crippen molar-refractivity contribution >= 4 is 5.97 Å². The van der Waals surface area contributed by atoms with Crippen molar-refractivity contribution in [2.75, 3.05) is 72.7 Å². The molecule has 0 atom stereocenters. The number of carbonyl (C=O) groups excluding carboxylic acids is 1. The van der Waals surface area contributed by atoms with Crippen molar-refractivity contribution in [3.8, 4) is 0 Å². The van der Waals surface area contributed by atoms with Gasteiger partial charge in [0.1, 0.15) is 6.61 Å². The van der Waals surface area contributed by atoms with Crippen LogP contribution in [0.15, 0.2) is 24.8 Å². The molecule has 0 heterocycles. The van der Waals surface area contributed by atoms with Crippen LogP contribution < -0.4 is 0 Å². The van der Waals surface area contributed by atoms with Gasteiger partial charge in [-0.25, -0.2) is 4.79 Å². The molecule has 0 spiro atoms. The van der Waals surface area contributed by atoms with E-state index in [1.165, 1.54) is 0 Å². The molecule has 24 heavy (non-hydrogen) atoms. The SMILES string of the molecule is C=CCOCCOCCOCCOCCOCCOC(=O)C(=C)C. The zero-order chi connectivity index (χ0) is 17.9. The van der Waals surface area contributed by atoms with Crippen molar-refractivity contribution in [3.05, 3.63) is 24.8 Å². The molecule has 0 aromatic rings. The lowest BCUT2D eigenvalue weighted by atomic mass is 10.4. The molecule has 0 saturated carbocycles. The first-order valence-corrected chi connectivity index (χ1v) is 8.00. The first-order valence-electron chi connectivity index (χ1n) is 8.00. The van der Waals surface area contributed by atoms with E-state index in [0.717, 1.165) is 0 Å². The summed E-state index contributed by atoms with van der Waals surface area (Å²) in [6.07, 6.45) is 1.70. The molecule has 0 aliphatic carbocycles. The summed E-state index contributed by atoms with van der Waals surface area (Å²) in [7, 11) is 0. The third-order valence-electron chi connectivity index (χ3n) is 2.53. The van der Waals surface area contributed by atoms with Crippen molar-refractivity contribution in [2.45, 2.75) is 6.92 Å². The molecule has 0 aromatic carbocycles. The maximum Gasteiger partial charge on any atom is 0.333 e. The first kappa shape index (κ1) is 22.8. The van der Waals surface area contributed by atoms with Gasteiger partial charge in [0, 0.05) is 5.57 Å². The standard InChI is InChI=1S/C17H30O7/c1-4-5-19-6-7-20-8-9-21-10-11-22-12-13-23-14-15-24-17(18)16(2)3/h4H,1-2,5-15H2,3H3. The second kappa shape index (κ2) is 18.1. The minimum Gasteiger partial charge on any atom is -0.460 e. The van der Waals surface area contributed by atoms with Gasteiger partial charge >= 0.3 is 5.97 Å². The van der Waals surface area contributed by atoms with Gasteiger partial charge < -0.3 is 28.4 Å². The summed E-state index contributed by atoms with van der Waals surface area (Å²) in [4.78, 5) is 11.1. The smallest absolute Gasteiger partial charge is 0.333 e. The zero-order valence-corrected chi connectivity index (χ0v) is 14.6. The minimum absolute atomic E-state index is 0.216. The third kappa shape index (κ3) is 17.1. The first-order chi connectivity index (χ1) is 11.7. The van der Waals surface area contributed by atoms with Crippen LogP contribution in [0.25, 0.3) is 0 Å². The van der Waals surface area contributed by atoms with Gasteiger partial charge in [-0.05, 0) is 6.92 Å². The van der Waals surface area contributed by atoms with Crippen LogP contribution in [0, 0.1) is 0 Å². The second-order valence-electron chi connectivity index (χ2n) is 4.73. The molecular weight excluding hydrogens is 316 g/mol. The topological polar surface area (TPSA) is 72.5 Å². The largest absolute Gasteiger partial charge is 0.460 e. The number of hydrogen-bond acceptors (Lipinski definition) is 7. The lowest BCUT2D eigenvalue weighted by Gasteiger charge is -2.08. The highest BCUT2D eigenvalue weighted by molar-refractivity contribution is 5.86. The van der Waals surface area contributed by atoms with E-state index in [1.807, 2.05) is 0 Å². The van der Waals surface area contributed by atoms with Crippen LogP contribution in [0.3, 0.4) is 0 Å². The summed E-state index contributed by atoms with van der Waals surface area (Å²) in [5.41, 5.74) is 0.379. The maximum absolute atomic E-state index is 11.1. The Hall–Kier alpha value is -1.25. The second-order valence-corrected chi connectivity index (χ2v) is 4.73. The van der Waals surface area contributed by atoms with Gasteiger partial charge in [-0.15, -0.1) is 6.58 Å². The van der Waals surface area contributed by atoms with Gasteiger partial charge in [0.25, 0.3) is 0 Å². The van der Waals surface area contributed by atoms with E-state index in [1.54, 1.807) is 13.0 Å². The summed E-state index contributed by atoms with van der Waals surface area (Å²) < 4.78 is 31.3. The molecule has 0 amide bonds. The molecule has 0 N–H and O–H groups in total. The molecule has 0 unspecified atom stereocenters. The van der Waals surface area contributed by atoms with Crippen molar-refractivity contribution in [3.63, 3.8) is 0 Å². The molecule has 7 nitrogen and oxygen atoms in total. The number of ether oxygens (including phenoxy) is 6. The average molecular weight is 346 g/mol. The Labute approximate surface area is 144 Å². The van der Waals surface area contributed by atoms with Gasteiger partial charge in [0.2, 0.25) is 0 Å². The van der Waals surface area contributed by atoms with Crippen LogP contribution in [-0.4, -0.2) is 78.6 Å². The van der Waals surface area contributed by atoms with Crippen molar-refractivity contribution in [1.82, 2.24) is 0 Å². The summed E-state index contributed by atoms with van der Waals surface area (Å²) in [5, 5.41) is 0. The highest BCUT2D eigenvalue weighted by Crippen LogP contribution is 1.91. The predicted molar refractivity (Wildman–Crippen MR) is 90.1 cm³/mol. The summed E-state index contributed by atoms with van der Waals surface area (Å²) in [5.74, 6) is -0.403. The Morgan fingerprint density at radius 1 is 0.750 bits per heavy atom. The summed E-state index contributed by atoms with van der Waals surface area (Å²) in [6.45, 7) is 13.8. The molecule has 0 aromatic heterocycles. The zero-order valence-electron chi connectivity index (χ0n) is 14.6. The van der Waals surface area contributed by atoms with E-state index in [9.17, 15) is 4.79 Å². The summed E-state index contributed by atoms with van der Waals surface area (Å²) >= 11 is 0. The van der Waals surface area contributed by atoms with Crippen molar-refractivity contribution < 1.29 is 33.2 Å². The molecule has 140 valence electrons. The average Bonchev–Trinajstić information content (AvgIpc) is 2.57. The van der Waals surface area contributed by atoms with Gasteiger partial charge in [0.05, 0.1) is 66.1 Å². The highest BCUT2D eigenvalue weighted by atomic mass is 16.6. The number of esters is 1. The Morgan fingerprint density at radius 3 is 1.50 bits per heavy atom. The number of carbonyl (C=O) groups is 1. The van der Waals surface area contributed by atoms with E-state index in [2.05, 4.69) is 13.2 Å². The van der Waals surface area contributed by atoms with E-state index in [-0.39, 0.29) is 6.61 Å². The molecule has 0 radical (unpaired) electrons. The van der Waals surface area contributed by atoms with Crippen molar-refractivity contribution in [2.24, 2.45) is 0 Å². The molecule has 0 aliphatic heterocycles. The molecular formula is C17H30O7. The molecule has 0 rings (SSSR count). The van der Waals surface area contributed by atoms with Crippen LogP contribution in [0.5, 0.6) is 0 Å². The van der Waals surface area contributed by atoms with Crippen molar-refractivity contribution in [1.29, 1.82) is 0 Å². The molecule has 0 bridgehead atoms. The van der Waals surface area contributed by atoms with Crippen LogP contribution >= 0.6 is 0 Å². The quantitative estimate of drug-likeness (QED) is 0.161. The van der Waals surface area contributed by atoms with Gasteiger partial charge in [-0.2, -0.15) is 0 Å². The van der Waals surface area contributed by atoms with E-state index >= 15 is 0 Å². The number of rotatable bonds is 18. The molecule has 0 aliphatic rings. The monoisotopic (exact) mass is 346 g/mol. The fraction of sp³-hybridized carbons (Fsp3) is 0.706. The fourth-order valence-corrected chi connectivity index (χ4v) is 1.36. The molecule has 0 fully saturated rings. The third-order valence-corrected chi connectivity index (χ3v) is 2.53. The Morgan fingerprint density at radius 2 is 1.12 bits per heavy atom. The predicted octanol–water partition coefficient (Wildman–Crippen LogP) is 1.37. The van der Waals surface area contributed by atoms with Gasteiger partial charge in [-0.1, -0.05) is 12.7 Å². The van der Waals surface area contributed by atoms with Crippen LogP contribution in [-0.2, 0) is 33.2 Å². The Bertz CT molecular complexity index is 331. The lowest BCUT2D eigenvalue weighted by molar-refractivity contribution is -0.140. The van der Waals surface area contributed by atoms with E-state index in [4.69, 9.17) is 28.4 Å². The normalized spacial score (nSPS) is 10.5. The van der Waals surface area contributed by atoms with E-state index in [0.29, 0.717) is 71.6 Å². The lowest BCUT2D eigenvalue weighted by Crippen LogP contribution is -2.15. The number of hydrogen-bond donors (Lipinski definition) is 0. The Kier molecular flexibility index (Phi) is 17.2. The van der Waals surface area contributed by atoms with E-state index < -0.39 is 5.97 Å². The van der Waals surface area contributed by atoms with Crippen LogP contribution in [0.2, 0.25) is 0 Å². The molecule has 7 heteroatoms. The maximum atomic E-state index is 11.1. The Balaban J connectivity index is 3.06. The summed E-state index contributed by atoms with van der Waals surface area (Å²) in [6, 6.07) is 0. The van der Waals surface area contributed by atoms with Crippen LogP contribution in [0.1, 0.15) is 6.92 Å².